The molecule has 1 fully saturated rings. The Morgan fingerprint density at radius 3 is 2.63 bits per heavy atom. The summed E-state index contributed by atoms with van der Waals surface area (Å²) in [7, 11) is 0. The molecule has 2 N–H and O–H groups in total. The van der Waals surface area contributed by atoms with Gasteiger partial charge in [-0.1, -0.05) is 23.7 Å². The fraction of sp³-hybridized carbons (Fsp3) is 0.227. The van der Waals surface area contributed by atoms with Crippen molar-refractivity contribution in [3.05, 3.63) is 75.1 Å². The van der Waals surface area contributed by atoms with Crippen LogP contribution in [0, 0.1) is 0 Å². The molecule has 0 aliphatic carbocycles. The maximum Gasteiger partial charge on any atom is 0.265 e. The Morgan fingerprint density at radius 2 is 1.93 bits per heavy atom. The van der Waals surface area contributed by atoms with Gasteiger partial charge in [0.1, 0.15) is 5.82 Å². The highest BCUT2D eigenvalue weighted by Gasteiger charge is 2.14. The van der Waals surface area contributed by atoms with E-state index in [9.17, 15) is 9.59 Å². The molecular formula is C22H21ClN4O2S. The van der Waals surface area contributed by atoms with E-state index in [2.05, 4.69) is 20.5 Å². The third-order valence-corrected chi connectivity index (χ3v) is 6.11. The van der Waals surface area contributed by atoms with Gasteiger partial charge < -0.3 is 15.5 Å². The molecule has 1 aromatic carbocycles. The Balaban J connectivity index is 1.37. The number of amides is 2. The first-order chi connectivity index (χ1) is 14.6. The molecule has 0 radical (unpaired) electrons. The van der Waals surface area contributed by atoms with E-state index in [4.69, 9.17) is 11.6 Å². The summed E-state index contributed by atoms with van der Waals surface area (Å²) in [6, 6.07) is 12.3. The molecular weight excluding hydrogens is 420 g/mol. The van der Waals surface area contributed by atoms with Crippen LogP contribution in [0.4, 0.5) is 11.5 Å². The fourth-order valence-corrected chi connectivity index (χ4v) is 4.08. The second-order valence-electron chi connectivity index (χ2n) is 7.03. The van der Waals surface area contributed by atoms with E-state index in [-0.39, 0.29) is 11.8 Å². The molecule has 2 aromatic heterocycles. The second kappa shape index (κ2) is 9.28. The van der Waals surface area contributed by atoms with Crippen molar-refractivity contribution >= 4 is 46.3 Å². The van der Waals surface area contributed by atoms with Gasteiger partial charge in [0.05, 0.1) is 15.6 Å². The summed E-state index contributed by atoms with van der Waals surface area (Å²) >= 11 is 7.53. The van der Waals surface area contributed by atoms with Crippen LogP contribution in [0.1, 0.15) is 38.4 Å². The molecule has 0 saturated carbocycles. The first-order valence-electron chi connectivity index (χ1n) is 9.72. The van der Waals surface area contributed by atoms with Gasteiger partial charge in [0.15, 0.2) is 0 Å². The number of rotatable bonds is 6. The molecule has 1 aliphatic rings. The summed E-state index contributed by atoms with van der Waals surface area (Å²) in [4.78, 5) is 32.2. The molecule has 0 unspecified atom stereocenters. The summed E-state index contributed by atoms with van der Waals surface area (Å²) in [5.74, 6) is 0.474. The predicted octanol–water partition coefficient (Wildman–Crippen LogP) is 4.58. The standard InChI is InChI=1S/C22H21ClN4O2S/c23-17-7-6-16(12-18(17)26-22(29)19-4-3-11-30-19)21(28)25-14-15-5-8-20(24-13-15)27-9-1-2-10-27/h3-8,11-13H,1-2,9-10,14H2,(H,25,28)(H,26,29). The summed E-state index contributed by atoms with van der Waals surface area (Å²) in [6.45, 7) is 2.46. The van der Waals surface area contributed by atoms with E-state index in [0.717, 1.165) is 24.5 Å². The maximum atomic E-state index is 12.6. The van der Waals surface area contributed by atoms with Crippen LogP contribution in [0.3, 0.4) is 0 Å². The minimum Gasteiger partial charge on any atom is -0.357 e. The van der Waals surface area contributed by atoms with E-state index < -0.39 is 0 Å². The quantitative estimate of drug-likeness (QED) is 0.588. The van der Waals surface area contributed by atoms with Crippen molar-refractivity contribution in [2.45, 2.75) is 19.4 Å². The lowest BCUT2D eigenvalue weighted by Gasteiger charge is -2.16. The van der Waals surface area contributed by atoms with Crippen molar-refractivity contribution in [3.63, 3.8) is 0 Å². The van der Waals surface area contributed by atoms with Crippen LogP contribution in [-0.4, -0.2) is 29.9 Å². The monoisotopic (exact) mass is 440 g/mol. The lowest BCUT2D eigenvalue weighted by atomic mass is 10.1. The van der Waals surface area contributed by atoms with Crippen LogP contribution in [-0.2, 0) is 6.54 Å². The Kier molecular flexibility index (Phi) is 6.30. The van der Waals surface area contributed by atoms with E-state index >= 15 is 0 Å². The highest BCUT2D eigenvalue weighted by Crippen LogP contribution is 2.24. The van der Waals surface area contributed by atoms with E-state index in [1.54, 1.807) is 36.5 Å². The molecule has 1 saturated heterocycles. The Bertz CT molecular complexity index is 1030. The van der Waals surface area contributed by atoms with Crippen LogP contribution >= 0.6 is 22.9 Å². The molecule has 4 rings (SSSR count). The third kappa shape index (κ3) is 4.80. The average Bonchev–Trinajstić information content (AvgIpc) is 3.48. The van der Waals surface area contributed by atoms with Gasteiger partial charge in [-0.2, -0.15) is 0 Å². The van der Waals surface area contributed by atoms with Crippen LogP contribution in [0.15, 0.2) is 54.0 Å². The minimum absolute atomic E-state index is 0.248. The molecule has 0 atom stereocenters. The van der Waals surface area contributed by atoms with E-state index in [1.807, 2.05) is 17.5 Å². The third-order valence-electron chi connectivity index (χ3n) is 4.91. The number of nitrogens with one attached hydrogen (secondary N) is 2. The smallest absolute Gasteiger partial charge is 0.265 e. The number of carbonyl (C=O) groups excluding carboxylic acids is 2. The topological polar surface area (TPSA) is 74.3 Å². The second-order valence-corrected chi connectivity index (χ2v) is 8.38. The van der Waals surface area contributed by atoms with Gasteiger partial charge in [-0.05, 0) is 54.1 Å². The summed E-state index contributed by atoms with van der Waals surface area (Å²) in [6.07, 6.45) is 4.20. The Labute approximate surface area is 183 Å². The minimum atomic E-state index is -0.256. The van der Waals surface area contributed by atoms with Crippen LogP contribution in [0.2, 0.25) is 5.02 Å². The largest absolute Gasteiger partial charge is 0.357 e. The molecule has 30 heavy (non-hydrogen) atoms. The molecule has 0 spiro atoms. The van der Waals surface area contributed by atoms with Gasteiger partial charge >= 0.3 is 0 Å². The summed E-state index contributed by atoms with van der Waals surface area (Å²) in [5.41, 5.74) is 1.74. The number of pyridine rings is 1. The number of hydrogen-bond donors (Lipinski definition) is 2. The lowest BCUT2D eigenvalue weighted by Crippen LogP contribution is -2.23. The first kappa shape index (κ1) is 20.4. The molecule has 3 heterocycles. The van der Waals surface area contributed by atoms with Gasteiger partial charge in [0.2, 0.25) is 0 Å². The van der Waals surface area contributed by atoms with Crippen molar-refractivity contribution in [1.82, 2.24) is 10.3 Å². The first-order valence-corrected chi connectivity index (χ1v) is 11.0. The lowest BCUT2D eigenvalue weighted by molar-refractivity contribution is 0.0949. The number of halogens is 1. The molecule has 6 nitrogen and oxygen atoms in total. The molecule has 1 aliphatic heterocycles. The van der Waals surface area contributed by atoms with Gasteiger partial charge in [0, 0.05) is 31.4 Å². The Morgan fingerprint density at radius 1 is 1.10 bits per heavy atom. The molecule has 154 valence electrons. The number of hydrogen-bond acceptors (Lipinski definition) is 5. The highest BCUT2D eigenvalue weighted by molar-refractivity contribution is 7.12. The summed E-state index contributed by atoms with van der Waals surface area (Å²) in [5, 5.41) is 7.84. The number of nitrogens with zero attached hydrogens (tertiary/aromatic N) is 2. The molecule has 2 amide bonds. The fourth-order valence-electron chi connectivity index (χ4n) is 3.29. The van der Waals surface area contributed by atoms with Gasteiger partial charge in [-0.25, -0.2) is 4.98 Å². The predicted molar refractivity (Wildman–Crippen MR) is 121 cm³/mol. The van der Waals surface area contributed by atoms with Crippen LogP contribution in [0.5, 0.6) is 0 Å². The molecule has 8 heteroatoms. The van der Waals surface area contributed by atoms with Crippen molar-refractivity contribution in [1.29, 1.82) is 0 Å². The molecule has 3 aromatic rings. The van der Waals surface area contributed by atoms with Crippen molar-refractivity contribution < 1.29 is 9.59 Å². The zero-order valence-corrected chi connectivity index (χ0v) is 17.8. The normalized spacial score (nSPS) is 13.3. The van der Waals surface area contributed by atoms with Crippen LogP contribution < -0.4 is 15.5 Å². The van der Waals surface area contributed by atoms with E-state index in [1.165, 1.54) is 24.2 Å². The summed E-state index contributed by atoms with van der Waals surface area (Å²) < 4.78 is 0. The number of carbonyl (C=O) groups is 2. The van der Waals surface area contributed by atoms with Gasteiger partial charge in [0.25, 0.3) is 11.8 Å². The van der Waals surface area contributed by atoms with Gasteiger partial charge in [-0.3, -0.25) is 9.59 Å². The van der Waals surface area contributed by atoms with Crippen LogP contribution in [0.25, 0.3) is 0 Å². The zero-order valence-electron chi connectivity index (χ0n) is 16.2. The highest BCUT2D eigenvalue weighted by atomic mass is 35.5. The number of aromatic nitrogens is 1. The number of benzene rings is 1. The Hall–Kier alpha value is -2.90. The molecule has 0 bridgehead atoms. The SMILES string of the molecule is O=C(NCc1ccc(N2CCCC2)nc1)c1ccc(Cl)c(NC(=O)c2cccs2)c1. The average molecular weight is 441 g/mol. The maximum absolute atomic E-state index is 12.6. The van der Waals surface area contributed by atoms with Gasteiger partial charge in [-0.15, -0.1) is 11.3 Å². The van der Waals surface area contributed by atoms with Crippen molar-refractivity contribution in [3.8, 4) is 0 Å². The number of anilines is 2. The van der Waals surface area contributed by atoms with Crippen molar-refractivity contribution in [2.24, 2.45) is 0 Å². The van der Waals surface area contributed by atoms with Crippen molar-refractivity contribution in [2.75, 3.05) is 23.3 Å². The zero-order chi connectivity index (χ0) is 20.9. The van der Waals surface area contributed by atoms with E-state index in [0.29, 0.717) is 27.7 Å². The number of thiophene rings is 1.